The van der Waals surface area contributed by atoms with Crippen molar-refractivity contribution in [2.75, 3.05) is 39.3 Å². The summed E-state index contributed by atoms with van der Waals surface area (Å²) in [6.07, 6.45) is 3.72. The van der Waals surface area contributed by atoms with Crippen molar-refractivity contribution >= 4 is 5.91 Å². The van der Waals surface area contributed by atoms with E-state index in [1.54, 1.807) is 0 Å². The molecule has 1 aromatic rings. The van der Waals surface area contributed by atoms with Crippen LogP contribution < -0.4 is 5.73 Å². The fourth-order valence-electron chi connectivity index (χ4n) is 2.75. The van der Waals surface area contributed by atoms with Crippen LogP contribution in [-0.4, -0.2) is 55.0 Å². The van der Waals surface area contributed by atoms with E-state index in [0.29, 0.717) is 12.3 Å². The van der Waals surface area contributed by atoms with Crippen LogP contribution in [0.25, 0.3) is 0 Å². The minimum atomic E-state index is 0.292. The molecule has 1 aliphatic rings. The number of carbonyl (C=O) groups is 1. The maximum atomic E-state index is 12.2. The summed E-state index contributed by atoms with van der Waals surface area (Å²) in [7, 11) is 0. The molecule has 0 spiro atoms. The third kappa shape index (κ3) is 5.48. The van der Waals surface area contributed by atoms with Crippen molar-refractivity contribution < 1.29 is 4.79 Å². The molecular formula is C17H27N3O. The molecule has 4 heteroatoms. The van der Waals surface area contributed by atoms with E-state index in [0.717, 1.165) is 52.1 Å². The predicted molar refractivity (Wildman–Crippen MR) is 86.1 cm³/mol. The molecule has 0 aliphatic carbocycles. The van der Waals surface area contributed by atoms with E-state index in [1.165, 1.54) is 12.0 Å². The molecule has 1 saturated heterocycles. The monoisotopic (exact) mass is 289 g/mol. The quantitative estimate of drug-likeness (QED) is 0.774. The highest BCUT2D eigenvalue weighted by molar-refractivity contribution is 5.76. The van der Waals surface area contributed by atoms with Crippen LogP contribution in [0.1, 0.15) is 24.8 Å². The number of rotatable bonds is 7. The SMILES string of the molecule is NCCCCN1CCN(C(=O)CCc2ccccc2)CC1. The lowest BCUT2D eigenvalue weighted by atomic mass is 10.1. The fraction of sp³-hybridized carbons (Fsp3) is 0.588. The lowest BCUT2D eigenvalue weighted by Gasteiger charge is -2.34. The molecule has 0 aromatic heterocycles. The Bertz CT molecular complexity index is 413. The summed E-state index contributed by atoms with van der Waals surface area (Å²) in [5.74, 6) is 0.292. The van der Waals surface area contributed by atoms with Gasteiger partial charge in [0.15, 0.2) is 0 Å². The Kier molecular flexibility index (Phi) is 6.70. The van der Waals surface area contributed by atoms with Gasteiger partial charge in [-0.3, -0.25) is 9.69 Å². The van der Waals surface area contributed by atoms with E-state index >= 15 is 0 Å². The van der Waals surface area contributed by atoms with Crippen LogP contribution >= 0.6 is 0 Å². The standard InChI is InChI=1S/C17H27N3O/c18-10-4-5-11-19-12-14-20(15-13-19)17(21)9-8-16-6-2-1-3-7-16/h1-3,6-7H,4-5,8-15,18H2. The Morgan fingerprint density at radius 2 is 1.76 bits per heavy atom. The van der Waals surface area contributed by atoms with E-state index in [4.69, 9.17) is 5.73 Å². The summed E-state index contributed by atoms with van der Waals surface area (Å²) in [4.78, 5) is 16.7. The van der Waals surface area contributed by atoms with Crippen LogP contribution in [0.15, 0.2) is 30.3 Å². The Morgan fingerprint density at radius 3 is 2.43 bits per heavy atom. The van der Waals surface area contributed by atoms with Crippen LogP contribution in [0.3, 0.4) is 0 Å². The van der Waals surface area contributed by atoms with Gasteiger partial charge in [0, 0.05) is 32.6 Å². The third-order valence-electron chi connectivity index (χ3n) is 4.12. The summed E-state index contributed by atoms with van der Waals surface area (Å²) >= 11 is 0. The molecule has 0 bridgehead atoms. The van der Waals surface area contributed by atoms with Gasteiger partial charge < -0.3 is 10.6 Å². The van der Waals surface area contributed by atoms with Crippen LogP contribution in [0, 0.1) is 0 Å². The Hall–Kier alpha value is -1.39. The van der Waals surface area contributed by atoms with Crippen LogP contribution in [0.5, 0.6) is 0 Å². The number of amides is 1. The summed E-state index contributed by atoms with van der Waals surface area (Å²) in [6, 6.07) is 10.2. The first-order chi connectivity index (χ1) is 10.3. The van der Waals surface area contributed by atoms with Gasteiger partial charge in [-0.15, -0.1) is 0 Å². The van der Waals surface area contributed by atoms with E-state index in [-0.39, 0.29) is 0 Å². The summed E-state index contributed by atoms with van der Waals surface area (Å²) in [5.41, 5.74) is 6.76. The molecule has 116 valence electrons. The maximum absolute atomic E-state index is 12.2. The fourth-order valence-corrected chi connectivity index (χ4v) is 2.75. The molecule has 2 rings (SSSR count). The highest BCUT2D eigenvalue weighted by Crippen LogP contribution is 2.08. The third-order valence-corrected chi connectivity index (χ3v) is 4.12. The Labute approximate surface area is 127 Å². The molecule has 1 aliphatic heterocycles. The number of unbranched alkanes of at least 4 members (excludes halogenated alkanes) is 1. The second-order valence-electron chi connectivity index (χ2n) is 5.70. The van der Waals surface area contributed by atoms with Gasteiger partial charge in [-0.2, -0.15) is 0 Å². The first-order valence-electron chi connectivity index (χ1n) is 8.03. The zero-order chi connectivity index (χ0) is 14.9. The first-order valence-corrected chi connectivity index (χ1v) is 8.03. The van der Waals surface area contributed by atoms with Crippen molar-refractivity contribution in [3.05, 3.63) is 35.9 Å². The number of hydrogen-bond acceptors (Lipinski definition) is 3. The van der Waals surface area contributed by atoms with Gasteiger partial charge in [-0.05, 0) is 37.9 Å². The van der Waals surface area contributed by atoms with E-state index in [9.17, 15) is 4.79 Å². The van der Waals surface area contributed by atoms with Crippen LogP contribution in [0.4, 0.5) is 0 Å². The van der Waals surface area contributed by atoms with Gasteiger partial charge in [-0.25, -0.2) is 0 Å². The topological polar surface area (TPSA) is 49.6 Å². The predicted octanol–water partition coefficient (Wildman–Crippen LogP) is 1.50. The molecule has 1 aromatic carbocycles. The smallest absolute Gasteiger partial charge is 0.222 e. The summed E-state index contributed by atoms with van der Waals surface area (Å²) in [6.45, 7) is 5.64. The largest absolute Gasteiger partial charge is 0.340 e. The normalized spacial score (nSPS) is 16.1. The van der Waals surface area contributed by atoms with E-state index in [1.807, 2.05) is 23.1 Å². The van der Waals surface area contributed by atoms with Gasteiger partial charge in [0.2, 0.25) is 5.91 Å². The van der Waals surface area contributed by atoms with Crippen LogP contribution in [0.2, 0.25) is 0 Å². The average Bonchev–Trinajstić information content (AvgIpc) is 2.54. The molecule has 0 radical (unpaired) electrons. The van der Waals surface area contributed by atoms with Crippen molar-refractivity contribution in [2.24, 2.45) is 5.73 Å². The number of hydrogen-bond donors (Lipinski definition) is 1. The number of carbonyl (C=O) groups excluding carboxylic acids is 1. The molecule has 1 fully saturated rings. The molecule has 0 atom stereocenters. The second-order valence-corrected chi connectivity index (χ2v) is 5.70. The van der Waals surface area contributed by atoms with Crippen molar-refractivity contribution in [3.8, 4) is 0 Å². The van der Waals surface area contributed by atoms with Gasteiger partial charge in [0.25, 0.3) is 0 Å². The van der Waals surface area contributed by atoms with Gasteiger partial charge >= 0.3 is 0 Å². The van der Waals surface area contributed by atoms with E-state index < -0.39 is 0 Å². The molecule has 4 nitrogen and oxygen atoms in total. The van der Waals surface area contributed by atoms with Crippen molar-refractivity contribution in [2.45, 2.75) is 25.7 Å². The number of aryl methyl sites for hydroxylation is 1. The number of nitrogens with two attached hydrogens (primary N) is 1. The minimum absolute atomic E-state index is 0.292. The lowest BCUT2D eigenvalue weighted by molar-refractivity contribution is -0.132. The molecule has 0 unspecified atom stereocenters. The number of piperazine rings is 1. The zero-order valence-electron chi connectivity index (χ0n) is 12.8. The van der Waals surface area contributed by atoms with Crippen LogP contribution in [-0.2, 0) is 11.2 Å². The molecular weight excluding hydrogens is 262 g/mol. The Balaban J connectivity index is 1.66. The first kappa shape index (κ1) is 16.0. The molecule has 21 heavy (non-hydrogen) atoms. The van der Waals surface area contributed by atoms with Gasteiger partial charge in [-0.1, -0.05) is 30.3 Å². The minimum Gasteiger partial charge on any atom is -0.340 e. The number of benzene rings is 1. The molecule has 2 N–H and O–H groups in total. The van der Waals surface area contributed by atoms with Crippen molar-refractivity contribution in [3.63, 3.8) is 0 Å². The number of nitrogens with zero attached hydrogens (tertiary/aromatic N) is 2. The van der Waals surface area contributed by atoms with Gasteiger partial charge in [0.05, 0.1) is 0 Å². The summed E-state index contributed by atoms with van der Waals surface area (Å²) in [5, 5.41) is 0. The van der Waals surface area contributed by atoms with Crippen molar-refractivity contribution in [1.82, 2.24) is 9.80 Å². The van der Waals surface area contributed by atoms with Gasteiger partial charge in [0.1, 0.15) is 0 Å². The lowest BCUT2D eigenvalue weighted by Crippen LogP contribution is -2.48. The maximum Gasteiger partial charge on any atom is 0.222 e. The summed E-state index contributed by atoms with van der Waals surface area (Å²) < 4.78 is 0. The second kappa shape index (κ2) is 8.80. The molecule has 1 amide bonds. The molecule has 0 saturated carbocycles. The Morgan fingerprint density at radius 1 is 1.05 bits per heavy atom. The average molecular weight is 289 g/mol. The van der Waals surface area contributed by atoms with Crippen molar-refractivity contribution in [1.29, 1.82) is 0 Å². The molecule has 1 heterocycles. The van der Waals surface area contributed by atoms with E-state index in [2.05, 4.69) is 17.0 Å². The highest BCUT2D eigenvalue weighted by Gasteiger charge is 2.20. The highest BCUT2D eigenvalue weighted by atomic mass is 16.2. The zero-order valence-corrected chi connectivity index (χ0v) is 12.8.